The molecule has 0 fully saturated rings. The van der Waals surface area contributed by atoms with Crippen molar-refractivity contribution in [2.24, 2.45) is 0 Å². The molecule has 0 N–H and O–H groups in total. The van der Waals surface area contributed by atoms with E-state index in [9.17, 15) is 22.8 Å². The molecule has 0 spiro atoms. The number of carbonyl (C=O) groups is 1. The molecule has 2 heterocycles. The molecule has 0 saturated carbocycles. The largest absolute Gasteiger partial charge is 0.461 e. The Kier molecular flexibility index (Phi) is 3.35. The lowest BCUT2D eigenvalue weighted by molar-refractivity contribution is -0.0889. The molecule has 7 heteroatoms. The molecule has 0 saturated heterocycles. The van der Waals surface area contributed by atoms with Crippen LogP contribution in [0.15, 0.2) is 51.8 Å². The van der Waals surface area contributed by atoms with Crippen LogP contribution in [0.1, 0.15) is 16.2 Å². The summed E-state index contributed by atoms with van der Waals surface area (Å²) in [5, 5.41) is 0.229. The van der Waals surface area contributed by atoms with Crippen molar-refractivity contribution in [2.75, 3.05) is 0 Å². The van der Waals surface area contributed by atoms with Gasteiger partial charge in [0.15, 0.2) is 5.43 Å². The number of aryl methyl sites for hydroxylation is 1. The average Bonchev–Trinajstić information content (AvgIpc) is 2.94. The van der Waals surface area contributed by atoms with Crippen LogP contribution in [-0.4, -0.2) is 16.5 Å². The summed E-state index contributed by atoms with van der Waals surface area (Å²) in [4.78, 5) is 23.5. The van der Waals surface area contributed by atoms with Crippen LogP contribution in [0.5, 0.6) is 0 Å². The number of hydrogen-bond acceptors (Lipinski definition) is 3. The number of Topliss-reactive ketones (excluding diaryl/α,β-unsaturated/α-hetero) is 1. The highest BCUT2D eigenvalue weighted by atomic mass is 19.4. The molecule has 23 heavy (non-hydrogen) atoms. The summed E-state index contributed by atoms with van der Waals surface area (Å²) in [6.07, 6.45) is -3.64. The molecule has 0 aliphatic carbocycles. The third kappa shape index (κ3) is 2.65. The van der Waals surface area contributed by atoms with Crippen LogP contribution in [0, 0.1) is 6.92 Å². The summed E-state index contributed by atoms with van der Waals surface area (Å²) >= 11 is 0. The number of hydrogen-bond donors (Lipinski definition) is 0. The summed E-state index contributed by atoms with van der Waals surface area (Å²) < 4.78 is 44.4. The summed E-state index contributed by atoms with van der Waals surface area (Å²) in [7, 11) is 0. The van der Waals surface area contributed by atoms with Gasteiger partial charge in [-0.2, -0.15) is 13.2 Å². The Labute approximate surface area is 127 Å². The van der Waals surface area contributed by atoms with Gasteiger partial charge in [-0.3, -0.25) is 9.59 Å². The van der Waals surface area contributed by atoms with Crippen molar-refractivity contribution >= 4 is 16.8 Å². The van der Waals surface area contributed by atoms with E-state index in [-0.39, 0.29) is 16.5 Å². The second-order valence-corrected chi connectivity index (χ2v) is 4.99. The molecular weight excluding hydrogens is 311 g/mol. The molecule has 4 nitrogen and oxygen atoms in total. The van der Waals surface area contributed by atoms with Gasteiger partial charge in [-0.1, -0.05) is 0 Å². The second-order valence-electron chi connectivity index (χ2n) is 4.99. The number of alkyl halides is 3. The highest BCUT2D eigenvalue weighted by Gasteiger charge is 2.40. The first-order valence-electron chi connectivity index (χ1n) is 6.61. The highest BCUT2D eigenvalue weighted by Crippen LogP contribution is 2.25. The first-order chi connectivity index (χ1) is 10.8. The van der Waals surface area contributed by atoms with E-state index in [1.165, 1.54) is 36.5 Å². The lowest BCUT2D eigenvalue weighted by atomic mass is 10.2. The van der Waals surface area contributed by atoms with E-state index >= 15 is 0 Å². The second kappa shape index (κ2) is 5.12. The number of ketones is 1. The van der Waals surface area contributed by atoms with Gasteiger partial charge in [-0.25, -0.2) is 0 Å². The van der Waals surface area contributed by atoms with E-state index in [1.807, 2.05) is 0 Å². The molecule has 0 aliphatic heterocycles. The smallest absolute Gasteiger partial charge is 0.456 e. The maximum Gasteiger partial charge on any atom is 0.456 e. The van der Waals surface area contributed by atoms with Gasteiger partial charge in [0.25, 0.3) is 5.78 Å². The van der Waals surface area contributed by atoms with Crippen LogP contribution < -0.4 is 5.43 Å². The number of fused-ring (bicyclic) bond motifs is 1. The van der Waals surface area contributed by atoms with Gasteiger partial charge in [0.1, 0.15) is 11.3 Å². The van der Waals surface area contributed by atoms with Crippen LogP contribution >= 0.6 is 0 Å². The van der Waals surface area contributed by atoms with Crippen LogP contribution in [0.4, 0.5) is 13.2 Å². The minimum absolute atomic E-state index is 0.229. The molecule has 2 aromatic heterocycles. The standard InChI is InChI=1S/C16H10F3NO3/c1-9-7-13(21)11-8-10(4-5-14(11)23-9)20-6-2-3-12(20)15(22)16(17,18)19/h2-8H,1H3. The molecule has 0 bridgehead atoms. The number of aromatic nitrogens is 1. The zero-order valence-corrected chi connectivity index (χ0v) is 11.8. The Morgan fingerprint density at radius 1 is 1.17 bits per heavy atom. The molecular formula is C16H10F3NO3. The summed E-state index contributed by atoms with van der Waals surface area (Å²) in [5.74, 6) is -1.51. The minimum Gasteiger partial charge on any atom is -0.461 e. The van der Waals surface area contributed by atoms with Gasteiger partial charge in [0.2, 0.25) is 0 Å². The Morgan fingerprint density at radius 2 is 1.91 bits per heavy atom. The molecule has 0 amide bonds. The Balaban J connectivity index is 2.18. The molecule has 0 atom stereocenters. The molecule has 3 rings (SSSR count). The number of rotatable bonds is 2. The van der Waals surface area contributed by atoms with Crippen LogP contribution in [0.3, 0.4) is 0 Å². The van der Waals surface area contributed by atoms with Crippen molar-refractivity contribution in [2.45, 2.75) is 13.1 Å². The lowest BCUT2D eigenvalue weighted by Crippen LogP contribution is -2.25. The van der Waals surface area contributed by atoms with Crippen molar-refractivity contribution in [3.05, 3.63) is 64.3 Å². The van der Waals surface area contributed by atoms with E-state index in [4.69, 9.17) is 4.42 Å². The van der Waals surface area contributed by atoms with Gasteiger partial charge >= 0.3 is 6.18 Å². The zero-order chi connectivity index (χ0) is 16.8. The van der Waals surface area contributed by atoms with Crippen LogP contribution in [0.25, 0.3) is 16.7 Å². The fourth-order valence-electron chi connectivity index (χ4n) is 2.35. The van der Waals surface area contributed by atoms with Crippen molar-refractivity contribution in [3.8, 4) is 5.69 Å². The predicted octanol–water partition coefficient (Wildman–Crippen LogP) is 3.64. The Morgan fingerprint density at radius 3 is 2.61 bits per heavy atom. The van der Waals surface area contributed by atoms with E-state index in [2.05, 4.69) is 0 Å². The molecule has 0 unspecified atom stereocenters. The molecule has 3 aromatic rings. The fourth-order valence-corrected chi connectivity index (χ4v) is 2.35. The number of nitrogens with zero attached hydrogens (tertiary/aromatic N) is 1. The predicted molar refractivity (Wildman–Crippen MR) is 76.9 cm³/mol. The molecule has 0 radical (unpaired) electrons. The average molecular weight is 321 g/mol. The van der Waals surface area contributed by atoms with Crippen LogP contribution in [-0.2, 0) is 0 Å². The summed E-state index contributed by atoms with van der Waals surface area (Å²) in [6, 6.07) is 8.08. The molecule has 118 valence electrons. The first-order valence-corrected chi connectivity index (χ1v) is 6.61. The Bertz CT molecular complexity index is 967. The van der Waals surface area contributed by atoms with E-state index < -0.39 is 17.7 Å². The van der Waals surface area contributed by atoms with Gasteiger partial charge in [-0.05, 0) is 37.3 Å². The van der Waals surface area contributed by atoms with Gasteiger partial charge in [0, 0.05) is 18.0 Å². The minimum atomic E-state index is -4.97. The van der Waals surface area contributed by atoms with E-state index in [1.54, 1.807) is 6.92 Å². The lowest BCUT2D eigenvalue weighted by Gasteiger charge is -2.11. The maximum atomic E-state index is 12.6. The SMILES string of the molecule is Cc1cc(=O)c2cc(-n3cccc3C(=O)C(F)(F)F)ccc2o1. The number of carbonyl (C=O) groups excluding carboxylic acids is 1. The Hall–Kier alpha value is -2.83. The molecule has 1 aromatic carbocycles. The summed E-state index contributed by atoms with van der Waals surface area (Å²) in [6.45, 7) is 1.63. The fraction of sp³-hybridized carbons (Fsp3) is 0.125. The van der Waals surface area contributed by atoms with Crippen molar-refractivity contribution in [3.63, 3.8) is 0 Å². The van der Waals surface area contributed by atoms with Crippen molar-refractivity contribution in [1.82, 2.24) is 4.57 Å². The van der Waals surface area contributed by atoms with Gasteiger partial charge in [-0.15, -0.1) is 0 Å². The first kappa shape index (κ1) is 15.1. The quantitative estimate of drug-likeness (QED) is 0.677. The van der Waals surface area contributed by atoms with Gasteiger partial charge < -0.3 is 8.98 Å². The van der Waals surface area contributed by atoms with Gasteiger partial charge in [0.05, 0.1) is 11.1 Å². The van der Waals surface area contributed by atoms with Crippen LogP contribution in [0.2, 0.25) is 0 Å². The van der Waals surface area contributed by atoms with E-state index in [0.717, 1.165) is 10.6 Å². The molecule has 0 aliphatic rings. The number of halogens is 3. The maximum absolute atomic E-state index is 12.6. The highest BCUT2D eigenvalue weighted by molar-refractivity contribution is 5.99. The normalized spacial score (nSPS) is 11.8. The van der Waals surface area contributed by atoms with Crippen molar-refractivity contribution < 1.29 is 22.4 Å². The number of benzene rings is 1. The third-order valence-corrected chi connectivity index (χ3v) is 3.35. The van der Waals surface area contributed by atoms with E-state index in [0.29, 0.717) is 11.3 Å². The topological polar surface area (TPSA) is 52.2 Å². The zero-order valence-electron chi connectivity index (χ0n) is 11.8. The monoisotopic (exact) mass is 321 g/mol. The third-order valence-electron chi connectivity index (χ3n) is 3.35. The van der Waals surface area contributed by atoms with Crippen molar-refractivity contribution in [1.29, 1.82) is 0 Å². The summed E-state index contributed by atoms with van der Waals surface area (Å²) in [5.41, 5.74) is -0.226.